The van der Waals surface area contributed by atoms with Gasteiger partial charge >= 0.3 is 0 Å². The Morgan fingerprint density at radius 2 is 1.78 bits per heavy atom. The Bertz CT molecular complexity index is 1100. The summed E-state index contributed by atoms with van der Waals surface area (Å²) in [5.41, 5.74) is 2.59. The lowest BCUT2D eigenvalue weighted by atomic mass is 10.2. The lowest BCUT2D eigenvalue weighted by molar-refractivity contribution is 0.246. The van der Waals surface area contributed by atoms with Gasteiger partial charge in [0.1, 0.15) is 0 Å². The minimum absolute atomic E-state index is 0.0267. The second-order valence-corrected chi connectivity index (χ2v) is 6.95. The van der Waals surface area contributed by atoms with Gasteiger partial charge in [0.15, 0.2) is 0 Å². The van der Waals surface area contributed by atoms with Crippen LogP contribution in [0.3, 0.4) is 0 Å². The molecule has 8 heteroatoms. The van der Waals surface area contributed by atoms with Crippen LogP contribution in [0.5, 0.6) is 0 Å². The van der Waals surface area contributed by atoms with Crippen LogP contribution in [-0.2, 0) is 20.6 Å². The quantitative estimate of drug-likeness (QED) is 0.666. The van der Waals surface area contributed by atoms with Crippen molar-refractivity contribution in [2.75, 3.05) is 31.1 Å². The summed E-state index contributed by atoms with van der Waals surface area (Å²) in [4.78, 5) is 36.8. The smallest absolute Gasteiger partial charge is 0.268 e. The average Bonchev–Trinajstić information content (AvgIpc) is 2.68. The maximum Gasteiger partial charge on any atom is 0.268 e. The number of piperazine rings is 1. The van der Waals surface area contributed by atoms with E-state index in [0.29, 0.717) is 5.39 Å². The summed E-state index contributed by atoms with van der Waals surface area (Å²) in [6.07, 6.45) is 4.73. The highest BCUT2D eigenvalue weighted by molar-refractivity contribution is 5.81. The van der Waals surface area contributed by atoms with Crippen molar-refractivity contribution in [1.82, 2.24) is 24.0 Å². The zero-order valence-electron chi connectivity index (χ0n) is 15.5. The molecule has 2 aromatic heterocycles. The minimum atomic E-state index is -0.0942. The van der Waals surface area contributed by atoms with Crippen LogP contribution in [0.4, 0.5) is 5.69 Å². The van der Waals surface area contributed by atoms with Gasteiger partial charge in [-0.25, -0.2) is 4.98 Å². The third kappa shape index (κ3) is 3.48. The lowest BCUT2D eigenvalue weighted by Gasteiger charge is -2.36. The third-order valence-electron chi connectivity index (χ3n) is 5.06. The van der Waals surface area contributed by atoms with Crippen molar-refractivity contribution < 1.29 is 0 Å². The largest absolute Gasteiger partial charge is 0.369 e. The van der Waals surface area contributed by atoms with Crippen molar-refractivity contribution >= 4 is 16.6 Å². The fourth-order valence-corrected chi connectivity index (χ4v) is 3.42. The monoisotopic (exact) mass is 366 g/mol. The summed E-state index contributed by atoms with van der Waals surface area (Å²) in [6.45, 7) is 4.33. The number of fused-ring (bicyclic) bond motifs is 1. The lowest BCUT2D eigenvalue weighted by Crippen LogP contribution is -2.46. The fraction of sp³-hybridized carbons (Fsp3) is 0.368. The fourth-order valence-electron chi connectivity index (χ4n) is 3.42. The first-order chi connectivity index (χ1) is 13.0. The van der Waals surface area contributed by atoms with E-state index in [2.05, 4.69) is 19.8 Å². The van der Waals surface area contributed by atoms with Crippen LogP contribution in [0.1, 0.15) is 5.69 Å². The van der Waals surface area contributed by atoms with Crippen molar-refractivity contribution in [2.45, 2.75) is 6.54 Å². The van der Waals surface area contributed by atoms with Gasteiger partial charge in [0.05, 0.1) is 29.1 Å². The topological polar surface area (TPSA) is 76.3 Å². The van der Waals surface area contributed by atoms with Crippen molar-refractivity contribution in [3.63, 3.8) is 0 Å². The molecule has 27 heavy (non-hydrogen) atoms. The summed E-state index contributed by atoms with van der Waals surface area (Å²) in [6, 6.07) is 5.84. The summed E-state index contributed by atoms with van der Waals surface area (Å²) in [5.74, 6) is 0. The number of aromatic nitrogens is 4. The normalized spacial score (nSPS) is 15.4. The van der Waals surface area contributed by atoms with Crippen molar-refractivity contribution in [1.29, 1.82) is 0 Å². The maximum atomic E-state index is 12.2. The van der Waals surface area contributed by atoms with Crippen LogP contribution in [0, 0.1) is 0 Å². The molecule has 8 nitrogen and oxygen atoms in total. The second kappa shape index (κ2) is 6.96. The molecule has 0 bridgehead atoms. The molecule has 3 aromatic rings. The van der Waals surface area contributed by atoms with Gasteiger partial charge in [0.25, 0.3) is 11.1 Å². The number of rotatable bonds is 3. The van der Waals surface area contributed by atoms with Gasteiger partial charge in [0.2, 0.25) is 0 Å². The van der Waals surface area contributed by atoms with E-state index < -0.39 is 0 Å². The van der Waals surface area contributed by atoms with Crippen LogP contribution in [0.15, 0.2) is 46.5 Å². The van der Waals surface area contributed by atoms with E-state index in [1.165, 1.54) is 10.8 Å². The molecule has 0 atom stereocenters. The molecule has 0 amide bonds. The first-order valence-corrected chi connectivity index (χ1v) is 8.95. The molecule has 3 heterocycles. The van der Waals surface area contributed by atoms with Crippen LogP contribution in [0.25, 0.3) is 10.9 Å². The number of benzene rings is 1. The van der Waals surface area contributed by atoms with Crippen molar-refractivity contribution in [2.24, 2.45) is 14.1 Å². The Balaban J connectivity index is 1.45. The molecule has 1 aliphatic rings. The van der Waals surface area contributed by atoms with Crippen molar-refractivity contribution in [3.8, 4) is 0 Å². The second-order valence-electron chi connectivity index (χ2n) is 6.95. The van der Waals surface area contributed by atoms with Gasteiger partial charge in [-0.05, 0) is 18.2 Å². The Kier molecular flexibility index (Phi) is 4.49. The van der Waals surface area contributed by atoms with Gasteiger partial charge < -0.3 is 14.0 Å². The zero-order valence-corrected chi connectivity index (χ0v) is 15.5. The Hall–Kier alpha value is -3.00. The molecule has 1 aromatic carbocycles. The predicted octanol–water partition coefficient (Wildman–Crippen LogP) is 0.349. The molecule has 0 unspecified atom stereocenters. The van der Waals surface area contributed by atoms with E-state index in [1.807, 2.05) is 18.2 Å². The van der Waals surface area contributed by atoms with Gasteiger partial charge in [-0.3, -0.25) is 19.5 Å². The number of aryl methyl sites for hydroxylation is 2. The molecule has 0 aliphatic carbocycles. The summed E-state index contributed by atoms with van der Waals surface area (Å²) in [7, 11) is 3.45. The first kappa shape index (κ1) is 17.4. The number of nitrogens with zero attached hydrogens (tertiary/aromatic N) is 6. The molecule has 1 aliphatic heterocycles. The van der Waals surface area contributed by atoms with Gasteiger partial charge in [-0.15, -0.1) is 0 Å². The average molecular weight is 366 g/mol. The first-order valence-electron chi connectivity index (χ1n) is 8.95. The highest BCUT2D eigenvalue weighted by Gasteiger charge is 2.18. The highest BCUT2D eigenvalue weighted by Crippen LogP contribution is 2.20. The van der Waals surface area contributed by atoms with Crippen LogP contribution in [-0.4, -0.2) is 50.2 Å². The number of anilines is 1. The third-order valence-corrected chi connectivity index (χ3v) is 5.06. The standard InChI is InChI=1S/C19H22N6O2/c1-22-11-14(20-10-18(22)26)12-24-5-7-25(8-6-24)15-3-4-16-17(9-15)21-13-23(2)19(16)27/h3-4,9-11,13H,5-8,12H2,1-2H3. The molecule has 1 fully saturated rings. The Labute approximate surface area is 156 Å². The number of hydrogen-bond acceptors (Lipinski definition) is 6. The van der Waals surface area contributed by atoms with Gasteiger partial charge in [-0.2, -0.15) is 0 Å². The van der Waals surface area contributed by atoms with Gasteiger partial charge in [-0.1, -0.05) is 0 Å². The van der Waals surface area contributed by atoms with E-state index in [9.17, 15) is 9.59 Å². The molecular weight excluding hydrogens is 344 g/mol. The highest BCUT2D eigenvalue weighted by atomic mass is 16.1. The van der Waals surface area contributed by atoms with E-state index in [1.54, 1.807) is 31.2 Å². The summed E-state index contributed by atoms with van der Waals surface area (Å²) >= 11 is 0. The van der Waals surface area contributed by atoms with Gasteiger partial charge in [0, 0.05) is 58.7 Å². The minimum Gasteiger partial charge on any atom is -0.369 e. The van der Waals surface area contributed by atoms with E-state index in [0.717, 1.165) is 49.6 Å². The molecule has 0 N–H and O–H groups in total. The summed E-state index contributed by atoms with van der Waals surface area (Å²) < 4.78 is 3.05. The van der Waals surface area contributed by atoms with E-state index in [-0.39, 0.29) is 11.1 Å². The summed E-state index contributed by atoms with van der Waals surface area (Å²) in [5, 5.41) is 0.642. The zero-order chi connectivity index (χ0) is 19.0. The molecule has 0 saturated carbocycles. The molecule has 140 valence electrons. The SMILES string of the molecule is Cn1cc(CN2CCN(c3ccc4c(=O)n(C)cnc4c3)CC2)ncc1=O. The Morgan fingerprint density at radius 1 is 1.00 bits per heavy atom. The molecule has 0 spiro atoms. The van der Waals surface area contributed by atoms with E-state index >= 15 is 0 Å². The molecular formula is C19H22N6O2. The maximum absolute atomic E-state index is 12.2. The van der Waals surface area contributed by atoms with E-state index in [4.69, 9.17) is 0 Å². The van der Waals surface area contributed by atoms with Crippen LogP contribution < -0.4 is 16.0 Å². The predicted molar refractivity (Wildman–Crippen MR) is 104 cm³/mol. The van der Waals surface area contributed by atoms with Crippen LogP contribution in [0.2, 0.25) is 0 Å². The molecule has 1 saturated heterocycles. The Morgan fingerprint density at radius 3 is 2.52 bits per heavy atom. The number of hydrogen-bond donors (Lipinski definition) is 0. The van der Waals surface area contributed by atoms with Crippen LogP contribution >= 0.6 is 0 Å². The van der Waals surface area contributed by atoms with Crippen molar-refractivity contribution in [3.05, 3.63) is 63.3 Å². The molecule has 4 rings (SSSR count). The molecule has 0 radical (unpaired) electrons.